The lowest BCUT2D eigenvalue weighted by Gasteiger charge is -2.11. The first kappa shape index (κ1) is 12.7. The van der Waals surface area contributed by atoms with E-state index in [4.69, 9.17) is 5.26 Å². The van der Waals surface area contributed by atoms with Crippen LogP contribution in [-0.4, -0.2) is 23.0 Å². The largest absolute Gasteiger partial charge is 0.379 e. The predicted molar refractivity (Wildman–Crippen MR) is 71.7 cm³/mol. The molecule has 0 bridgehead atoms. The summed E-state index contributed by atoms with van der Waals surface area (Å²) in [5.41, 5.74) is 0.424. The second-order valence-electron chi connectivity index (χ2n) is 4.18. The Hall–Kier alpha value is -1.74. The van der Waals surface area contributed by atoms with E-state index in [2.05, 4.69) is 5.32 Å². The van der Waals surface area contributed by atoms with Crippen molar-refractivity contribution in [2.75, 3.05) is 23.4 Å². The van der Waals surface area contributed by atoms with Crippen molar-refractivity contribution in [1.29, 1.82) is 5.26 Å². The number of anilines is 1. The van der Waals surface area contributed by atoms with Crippen LogP contribution in [0.5, 0.6) is 0 Å². The Kier molecular flexibility index (Phi) is 4.05. The van der Waals surface area contributed by atoms with Crippen LogP contribution in [0.2, 0.25) is 0 Å². The van der Waals surface area contributed by atoms with E-state index in [0.717, 1.165) is 24.5 Å². The van der Waals surface area contributed by atoms with Crippen molar-refractivity contribution >= 4 is 23.1 Å². The van der Waals surface area contributed by atoms with E-state index in [9.17, 15) is 10.1 Å². The number of rotatable bonds is 4. The number of hydrogen-bond acceptors (Lipinski definition) is 5. The third-order valence-electron chi connectivity index (χ3n) is 2.94. The van der Waals surface area contributed by atoms with Gasteiger partial charge in [-0.15, -0.1) is 0 Å². The quantitative estimate of drug-likeness (QED) is 0.667. The number of nitriles is 1. The Morgan fingerprint density at radius 2 is 2.44 bits per heavy atom. The van der Waals surface area contributed by atoms with Gasteiger partial charge in [-0.25, -0.2) is 0 Å². The van der Waals surface area contributed by atoms with Crippen LogP contribution in [0.4, 0.5) is 11.4 Å². The van der Waals surface area contributed by atoms with Gasteiger partial charge in [-0.2, -0.15) is 17.0 Å². The van der Waals surface area contributed by atoms with Crippen LogP contribution in [0, 0.1) is 27.4 Å². The van der Waals surface area contributed by atoms with E-state index in [0.29, 0.717) is 11.6 Å². The summed E-state index contributed by atoms with van der Waals surface area (Å²) in [6, 6.07) is 6.64. The maximum Gasteiger partial charge on any atom is 0.309 e. The fourth-order valence-corrected chi connectivity index (χ4v) is 3.26. The molecule has 1 saturated heterocycles. The number of nitro benzene ring substituents is 1. The number of nitrogens with one attached hydrogen (secondary N) is 1. The zero-order chi connectivity index (χ0) is 13.0. The van der Waals surface area contributed by atoms with Crippen LogP contribution >= 0.6 is 11.8 Å². The van der Waals surface area contributed by atoms with E-state index < -0.39 is 4.92 Å². The highest BCUT2D eigenvalue weighted by atomic mass is 32.2. The molecule has 0 aliphatic carbocycles. The molecule has 6 heteroatoms. The maximum absolute atomic E-state index is 11.0. The zero-order valence-electron chi connectivity index (χ0n) is 9.76. The summed E-state index contributed by atoms with van der Waals surface area (Å²) in [5, 5.41) is 23.0. The summed E-state index contributed by atoms with van der Waals surface area (Å²) in [4.78, 5) is 10.5. The van der Waals surface area contributed by atoms with Gasteiger partial charge in [0.05, 0.1) is 4.92 Å². The lowest BCUT2D eigenvalue weighted by atomic mass is 10.1. The van der Waals surface area contributed by atoms with E-state index >= 15 is 0 Å². The molecule has 1 fully saturated rings. The Morgan fingerprint density at radius 3 is 3.06 bits per heavy atom. The van der Waals surface area contributed by atoms with Crippen molar-refractivity contribution in [1.82, 2.24) is 0 Å². The first-order chi connectivity index (χ1) is 8.72. The van der Waals surface area contributed by atoms with Gasteiger partial charge in [-0.1, -0.05) is 6.07 Å². The highest BCUT2D eigenvalue weighted by Crippen LogP contribution is 2.29. The fourth-order valence-electron chi connectivity index (χ4n) is 1.97. The normalized spacial score (nSPS) is 18.3. The van der Waals surface area contributed by atoms with Crippen LogP contribution in [0.1, 0.15) is 12.0 Å². The fraction of sp³-hybridized carbons (Fsp3) is 0.417. The lowest BCUT2D eigenvalue weighted by Crippen LogP contribution is -2.14. The average Bonchev–Trinajstić information content (AvgIpc) is 2.88. The van der Waals surface area contributed by atoms with Gasteiger partial charge in [-0.3, -0.25) is 10.1 Å². The number of hydrogen-bond donors (Lipinski definition) is 1. The summed E-state index contributed by atoms with van der Waals surface area (Å²) in [5.74, 6) is 2.81. The van der Waals surface area contributed by atoms with Crippen molar-refractivity contribution in [2.24, 2.45) is 5.92 Å². The van der Waals surface area contributed by atoms with Crippen molar-refractivity contribution in [3.8, 4) is 6.07 Å². The van der Waals surface area contributed by atoms with Gasteiger partial charge in [-0.05, 0) is 36.0 Å². The molecule has 0 spiro atoms. The van der Waals surface area contributed by atoms with Gasteiger partial charge < -0.3 is 5.32 Å². The molecule has 1 atom stereocenters. The molecule has 5 nitrogen and oxygen atoms in total. The molecule has 94 valence electrons. The smallest absolute Gasteiger partial charge is 0.309 e. The highest BCUT2D eigenvalue weighted by Gasteiger charge is 2.21. The van der Waals surface area contributed by atoms with E-state index in [1.54, 1.807) is 12.1 Å². The molecule has 18 heavy (non-hydrogen) atoms. The second kappa shape index (κ2) is 5.74. The van der Waals surface area contributed by atoms with Crippen LogP contribution < -0.4 is 5.32 Å². The Balaban J connectivity index is 2.16. The number of benzene rings is 1. The Labute approximate surface area is 109 Å². The van der Waals surface area contributed by atoms with Crippen molar-refractivity contribution < 1.29 is 4.92 Å². The minimum Gasteiger partial charge on any atom is -0.379 e. The maximum atomic E-state index is 11.0. The molecule has 1 unspecified atom stereocenters. The van der Waals surface area contributed by atoms with Gasteiger partial charge in [0.2, 0.25) is 0 Å². The summed E-state index contributed by atoms with van der Waals surface area (Å²) in [6.07, 6.45) is 1.14. The first-order valence-corrected chi connectivity index (χ1v) is 6.87. The summed E-state index contributed by atoms with van der Waals surface area (Å²) < 4.78 is 0. The number of thioether (sulfide) groups is 1. The topological polar surface area (TPSA) is 79.0 Å². The minimum absolute atomic E-state index is 0.103. The Bertz CT molecular complexity index is 493. The molecule has 1 N–H and O–H groups in total. The lowest BCUT2D eigenvalue weighted by molar-refractivity contribution is -0.384. The van der Waals surface area contributed by atoms with Crippen molar-refractivity contribution in [2.45, 2.75) is 6.42 Å². The van der Waals surface area contributed by atoms with Gasteiger partial charge in [0.15, 0.2) is 0 Å². The third-order valence-corrected chi connectivity index (χ3v) is 4.18. The van der Waals surface area contributed by atoms with Crippen molar-refractivity contribution in [3.05, 3.63) is 33.9 Å². The number of nitro groups is 1. The predicted octanol–water partition coefficient (Wildman–Crippen LogP) is 2.63. The van der Waals surface area contributed by atoms with E-state index in [1.807, 2.05) is 17.8 Å². The molecule has 1 aromatic rings. The molecule has 0 saturated carbocycles. The van der Waals surface area contributed by atoms with Crippen LogP contribution in [0.15, 0.2) is 18.2 Å². The molecule has 1 aliphatic heterocycles. The zero-order valence-corrected chi connectivity index (χ0v) is 10.6. The number of nitrogens with zero attached hydrogens (tertiary/aromatic N) is 2. The molecule has 1 heterocycles. The minimum atomic E-state index is -0.496. The standard InChI is InChI=1S/C12H13N3O2S/c13-6-10-2-1-3-11(12(10)15(16)17)14-7-9-4-5-18-8-9/h1-3,9,14H,4-5,7-8H2. The third kappa shape index (κ3) is 2.74. The first-order valence-electron chi connectivity index (χ1n) is 5.71. The summed E-state index contributed by atoms with van der Waals surface area (Å²) in [6.45, 7) is 0.725. The molecule has 1 aliphatic rings. The molecular formula is C12H13N3O2S. The molecule has 0 aromatic heterocycles. The van der Waals surface area contributed by atoms with Crippen LogP contribution in [0.3, 0.4) is 0 Å². The SMILES string of the molecule is N#Cc1cccc(NCC2CCSC2)c1[N+](=O)[O-]. The van der Waals surface area contributed by atoms with Gasteiger partial charge in [0.1, 0.15) is 17.3 Å². The molecular weight excluding hydrogens is 250 g/mol. The monoisotopic (exact) mass is 263 g/mol. The number of para-hydroxylation sites is 1. The second-order valence-corrected chi connectivity index (χ2v) is 5.33. The van der Waals surface area contributed by atoms with Gasteiger partial charge in [0.25, 0.3) is 0 Å². The Morgan fingerprint density at radius 1 is 1.61 bits per heavy atom. The van der Waals surface area contributed by atoms with Crippen molar-refractivity contribution in [3.63, 3.8) is 0 Å². The van der Waals surface area contributed by atoms with Gasteiger partial charge in [0, 0.05) is 6.54 Å². The summed E-state index contributed by atoms with van der Waals surface area (Å²) >= 11 is 1.91. The summed E-state index contributed by atoms with van der Waals surface area (Å²) in [7, 11) is 0. The van der Waals surface area contributed by atoms with Crippen LogP contribution in [0.25, 0.3) is 0 Å². The molecule has 0 amide bonds. The van der Waals surface area contributed by atoms with Crippen LogP contribution in [-0.2, 0) is 0 Å². The van der Waals surface area contributed by atoms with Gasteiger partial charge >= 0.3 is 5.69 Å². The van der Waals surface area contributed by atoms with E-state index in [1.165, 1.54) is 6.07 Å². The average molecular weight is 263 g/mol. The van der Waals surface area contributed by atoms with E-state index in [-0.39, 0.29) is 11.3 Å². The highest BCUT2D eigenvalue weighted by molar-refractivity contribution is 7.99. The molecule has 2 rings (SSSR count). The molecule has 1 aromatic carbocycles. The molecule has 0 radical (unpaired) electrons.